The van der Waals surface area contributed by atoms with E-state index in [2.05, 4.69) is 48.4 Å². The van der Waals surface area contributed by atoms with E-state index in [1.54, 1.807) is 0 Å². The Bertz CT molecular complexity index is 693. The lowest BCUT2D eigenvalue weighted by Crippen LogP contribution is -2.21. The van der Waals surface area contributed by atoms with E-state index in [9.17, 15) is 8.42 Å². The van der Waals surface area contributed by atoms with Crippen LogP contribution in [-0.2, 0) is 16.4 Å². The van der Waals surface area contributed by atoms with Gasteiger partial charge >= 0.3 is 0 Å². The number of rotatable bonds is 6. The van der Waals surface area contributed by atoms with Gasteiger partial charge in [0.1, 0.15) is 0 Å². The molecule has 0 saturated carbocycles. The number of nitrogens with one attached hydrogen (secondary N) is 1. The second-order valence-corrected chi connectivity index (χ2v) is 7.79. The van der Waals surface area contributed by atoms with Crippen LogP contribution in [0.5, 0.6) is 0 Å². The summed E-state index contributed by atoms with van der Waals surface area (Å²) in [5.74, 6) is 0. The molecule has 21 heavy (non-hydrogen) atoms. The highest BCUT2D eigenvalue weighted by molar-refractivity contribution is 7.91. The minimum Gasteiger partial charge on any atom is -0.358 e. The van der Waals surface area contributed by atoms with E-state index in [0.29, 0.717) is 5.13 Å². The highest BCUT2D eigenvalue weighted by Crippen LogP contribution is 2.23. The Hall–Kier alpha value is -1.44. The van der Waals surface area contributed by atoms with E-state index in [4.69, 9.17) is 5.14 Å². The Balaban J connectivity index is 2.05. The lowest BCUT2D eigenvalue weighted by Gasteiger charge is -2.16. The zero-order chi connectivity index (χ0) is 15.5. The van der Waals surface area contributed by atoms with Gasteiger partial charge in [0.2, 0.25) is 10.0 Å². The molecule has 0 aliphatic carbocycles. The summed E-state index contributed by atoms with van der Waals surface area (Å²) in [7, 11) is -3.67. The molecular weight excluding hydrogens is 306 g/mol. The van der Waals surface area contributed by atoms with Gasteiger partial charge in [0.25, 0.3) is 0 Å². The average molecular weight is 325 g/mol. The number of hydrogen-bond donors (Lipinski definition) is 2. The first kappa shape index (κ1) is 15.9. The van der Waals surface area contributed by atoms with Gasteiger partial charge < -0.3 is 5.32 Å². The topological polar surface area (TPSA) is 85.1 Å². The molecule has 1 aromatic carbocycles. The number of nitrogens with two attached hydrogens (primary N) is 1. The van der Waals surface area contributed by atoms with Crippen molar-refractivity contribution in [1.82, 2.24) is 4.98 Å². The fraction of sp³-hybridized carbons (Fsp3) is 0.357. The quantitative estimate of drug-likeness (QED) is 0.854. The molecule has 1 unspecified atom stereocenters. The molecule has 0 fully saturated rings. The van der Waals surface area contributed by atoms with Gasteiger partial charge in [0.15, 0.2) is 9.34 Å². The number of aromatic nitrogens is 1. The Morgan fingerprint density at radius 1 is 1.33 bits per heavy atom. The molecule has 0 radical (unpaired) electrons. The standard InChI is InChI=1S/C14H19N3O2S2/c1-3-12(8-11-6-4-10(2)5-7-11)17-14-16-9-13(20-14)21(15,18)19/h4-7,9,12H,3,8H2,1-2H3,(H,16,17)(H2,15,18,19). The summed E-state index contributed by atoms with van der Waals surface area (Å²) in [6.07, 6.45) is 3.07. The summed E-state index contributed by atoms with van der Waals surface area (Å²) >= 11 is 1.06. The van der Waals surface area contributed by atoms with E-state index in [0.717, 1.165) is 24.2 Å². The molecule has 0 spiro atoms. The van der Waals surface area contributed by atoms with Gasteiger partial charge in [-0.1, -0.05) is 48.1 Å². The number of aryl methyl sites for hydroxylation is 1. The summed E-state index contributed by atoms with van der Waals surface area (Å²) in [5, 5.41) is 8.94. The van der Waals surface area contributed by atoms with Gasteiger partial charge in [-0.25, -0.2) is 18.5 Å². The summed E-state index contributed by atoms with van der Waals surface area (Å²) in [6.45, 7) is 4.14. The van der Waals surface area contributed by atoms with Gasteiger partial charge in [-0.15, -0.1) is 0 Å². The molecule has 1 aromatic heterocycles. The molecule has 0 amide bonds. The van der Waals surface area contributed by atoms with Crippen molar-refractivity contribution in [1.29, 1.82) is 0 Å². The minimum atomic E-state index is -3.67. The van der Waals surface area contributed by atoms with E-state index in [1.807, 2.05) is 0 Å². The van der Waals surface area contributed by atoms with Crippen molar-refractivity contribution < 1.29 is 8.42 Å². The molecule has 2 rings (SSSR count). The SMILES string of the molecule is CCC(Cc1ccc(C)cc1)Nc1ncc(S(N)(=O)=O)s1. The second kappa shape index (κ2) is 6.55. The Labute approximate surface area is 129 Å². The zero-order valence-corrected chi connectivity index (χ0v) is 13.7. The van der Waals surface area contributed by atoms with Crippen LogP contribution in [0, 0.1) is 6.92 Å². The summed E-state index contributed by atoms with van der Waals surface area (Å²) in [4.78, 5) is 4.07. The van der Waals surface area contributed by atoms with Crippen LogP contribution in [0.3, 0.4) is 0 Å². The van der Waals surface area contributed by atoms with Gasteiger partial charge in [0, 0.05) is 6.04 Å². The first-order valence-electron chi connectivity index (χ1n) is 6.69. The predicted octanol–water partition coefficient (Wildman–Crippen LogP) is 2.53. The Morgan fingerprint density at radius 2 is 2.00 bits per heavy atom. The van der Waals surface area contributed by atoms with Crippen molar-refractivity contribution in [2.75, 3.05) is 5.32 Å². The van der Waals surface area contributed by atoms with Gasteiger partial charge in [-0.3, -0.25) is 0 Å². The number of hydrogen-bond acceptors (Lipinski definition) is 5. The normalized spacial score (nSPS) is 13.1. The third-order valence-corrected chi connectivity index (χ3v) is 5.52. The largest absolute Gasteiger partial charge is 0.358 e. The van der Waals surface area contributed by atoms with Crippen LogP contribution < -0.4 is 10.5 Å². The third-order valence-electron chi connectivity index (χ3n) is 3.19. The second-order valence-electron chi connectivity index (χ2n) is 4.97. The van der Waals surface area contributed by atoms with E-state index in [1.165, 1.54) is 17.3 Å². The molecule has 0 bridgehead atoms. The molecule has 0 aliphatic rings. The summed E-state index contributed by atoms with van der Waals surface area (Å²) in [6, 6.07) is 8.59. The third kappa shape index (κ3) is 4.52. The van der Waals surface area contributed by atoms with Crippen LogP contribution in [0.1, 0.15) is 24.5 Å². The molecular formula is C14H19N3O2S2. The average Bonchev–Trinajstić information content (AvgIpc) is 2.89. The number of nitrogens with zero attached hydrogens (tertiary/aromatic N) is 1. The number of sulfonamides is 1. The lowest BCUT2D eigenvalue weighted by atomic mass is 10.0. The van der Waals surface area contributed by atoms with Crippen LogP contribution in [0.4, 0.5) is 5.13 Å². The summed E-state index contributed by atoms with van der Waals surface area (Å²) in [5.41, 5.74) is 2.47. The van der Waals surface area contributed by atoms with E-state index >= 15 is 0 Å². The minimum absolute atomic E-state index is 0.0789. The lowest BCUT2D eigenvalue weighted by molar-refractivity contribution is 0.599. The highest BCUT2D eigenvalue weighted by atomic mass is 32.2. The highest BCUT2D eigenvalue weighted by Gasteiger charge is 2.15. The van der Waals surface area contributed by atoms with Crippen LogP contribution in [0.15, 0.2) is 34.7 Å². The molecule has 5 nitrogen and oxygen atoms in total. The molecule has 7 heteroatoms. The van der Waals surface area contributed by atoms with Gasteiger partial charge in [0.05, 0.1) is 6.20 Å². The monoisotopic (exact) mass is 325 g/mol. The predicted molar refractivity (Wildman–Crippen MR) is 86.1 cm³/mol. The van der Waals surface area contributed by atoms with Crippen molar-refractivity contribution in [3.05, 3.63) is 41.6 Å². The maximum absolute atomic E-state index is 11.2. The molecule has 1 heterocycles. The fourth-order valence-electron chi connectivity index (χ4n) is 1.94. The van der Waals surface area contributed by atoms with Crippen LogP contribution in [0.2, 0.25) is 0 Å². The number of anilines is 1. The van der Waals surface area contributed by atoms with E-state index in [-0.39, 0.29) is 10.3 Å². The van der Waals surface area contributed by atoms with Crippen molar-refractivity contribution in [2.24, 2.45) is 5.14 Å². The molecule has 0 aliphatic heterocycles. The van der Waals surface area contributed by atoms with Crippen LogP contribution >= 0.6 is 11.3 Å². The first-order chi connectivity index (χ1) is 9.88. The van der Waals surface area contributed by atoms with Crippen molar-refractivity contribution in [3.8, 4) is 0 Å². The molecule has 1 atom stereocenters. The zero-order valence-electron chi connectivity index (χ0n) is 12.0. The Morgan fingerprint density at radius 3 is 2.52 bits per heavy atom. The van der Waals surface area contributed by atoms with Gasteiger partial charge in [-0.05, 0) is 25.3 Å². The van der Waals surface area contributed by atoms with Gasteiger partial charge in [-0.2, -0.15) is 0 Å². The maximum atomic E-state index is 11.2. The number of benzene rings is 1. The Kier molecular flexibility index (Phi) is 4.97. The number of primary sulfonamides is 1. The van der Waals surface area contributed by atoms with E-state index < -0.39 is 10.0 Å². The van der Waals surface area contributed by atoms with Crippen molar-refractivity contribution in [3.63, 3.8) is 0 Å². The van der Waals surface area contributed by atoms with Crippen molar-refractivity contribution >= 4 is 26.5 Å². The number of thiazole rings is 1. The van der Waals surface area contributed by atoms with Crippen LogP contribution in [-0.4, -0.2) is 19.4 Å². The molecule has 114 valence electrons. The summed E-state index contributed by atoms with van der Waals surface area (Å²) < 4.78 is 22.6. The molecule has 0 saturated heterocycles. The maximum Gasteiger partial charge on any atom is 0.249 e. The van der Waals surface area contributed by atoms with Crippen LogP contribution in [0.25, 0.3) is 0 Å². The van der Waals surface area contributed by atoms with Crippen molar-refractivity contribution in [2.45, 2.75) is 36.9 Å². The molecule has 2 aromatic rings. The first-order valence-corrected chi connectivity index (χ1v) is 9.05. The smallest absolute Gasteiger partial charge is 0.249 e. The molecule has 3 N–H and O–H groups in total. The fourth-order valence-corrected chi connectivity index (χ4v) is 3.47.